The minimum atomic E-state index is -0.302. The van der Waals surface area contributed by atoms with Gasteiger partial charge < -0.3 is 15.0 Å². The number of nitrogens with zero attached hydrogens (tertiary/aromatic N) is 3. The molecule has 3 aromatic rings. The predicted octanol–water partition coefficient (Wildman–Crippen LogP) is 4.21. The maximum Gasteiger partial charge on any atom is 0.254 e. The van der Waals surface area contributed by atoms with Gasteiger partial charge in [0.15, 0.2) is 0 Å². The summed E-state index contributed by atoms with van der Waals surface area (Å²) in [5.74, 6) is 0.0435. The molecule has 1 N–H and O–H groups in total. The molecule has 0 aliphatic carbocycles. The molecular weight excluding hydrogens is 416 g/mol. The number of aryl methyl sites for hydroxylation is 1. The van der Waals surface area contributed by atoms with Crippen LogP contribution in [0.4, 0.5) is 5.82 Å². The highest BCUT2D eigenvalue weighted by molar-refractivity contribution is 5.99. The lowest BCUT2D eigenvalue weighted by Gasteiger charge is -2.22. The van der Waals surface area contributed by atoms with E-state index in [-0.39, 0.29) is 23.8 Å². The van der Waals surface area contributed by atoms with Crippen molar-refractivity contribution < 1.29 is 14.3 Å². The van der Waals surface area contributed by atoms with Crippen molar-refractivity contribution in [3.8, 4) is 5.69 Å². The SMILES string of the molecule is COCCN(CC(=O)Nc1cc(C(C)(C)C)nn1-c1ccc(C)cc1)C(=O)c1ccccc1. The smallest absolute Gasteiger partial charge is 0.254 e. The highest BCUT2D eigenvalue weighted by Gasteiger charge is 2.23. The number of hydrogen-bond acceptors (Lipinski definition) is 4. The second kappa shape index (κ2) is 10.4. The van der Waals surface area contributed by atoms with Gasteiger partial charge in [-0.3, -0.25) is 9.59 Å². The van der Waals surface area contributed by atoms with Crippen LogP contribution in [-0.4, -0.2) is 53.3 Å². The molecule has 2 aromatic carbocycles. The summed E-state index contributed by atoms with van der Waals surface area (Å²) in [7, 11) is 1.57. The third-order valence-corrected chi connectivity index (χ3v) is 5.23. The van der Waals surface area contributed by atoms with E-state index in [2.05, 4.69) is 26.1 Å². The number of benzene rings is 2. The molecule has 174 valence electrons. The summed E-state index contributed by atoms with van der Waals surface area (Å²) in [6, 6.07) is 18.8. The van der Waals surface area contributed by atoms with Crippen LogP contribution in [0, 0.1) is 6.92 Å². The van der Waals surface area contributed by atoms with Crippen LogP contribution >= 0.6 is 0 Å². The van der Waals surface area contributed by atoms with Gasteiger partial charge in [0.1, 0.15) is 12.4 Å². The summed E-state index contributed by atoms with van der Waals surface area (Å²) < 4.78 is 6.88. The Morgan fingerprint density at radius 2 is 1.73 bits per heavy atom. The van der Waals surface area contributed by atoms with Crippen LogP contribution in [0.2, 0.25) is 0 Å². The Hall–Kier alpha value is -3.45. The number of ether oxygens (including phenoxy) is 1. The Bertz CT molecular complexity index is 1080. The molecule has 0 radical (unpaired) electrons. The van der Waals surface area contributed by atoms with Crippen molar-refractivity contribution in [3.63, 3.8) is 0 Å². The minimum Gasteiger partial charge on any atom is -0.383 e. The van der Waals surface area contributed by atoms with Gasteiger partial charge in [0, 0.05) is 30.7 Å². The number of methoxy groups -OCH3 is 1. The van der Waals surface area contributed by atoms with Crippen LogP contribution < -0.4 is 5.32 Å². The lowest BCUT2D eigenvalue weighted by atomic mass is 9.92. The molecular formula is C26H32N4O3. The van der Waals surface area contributed by atoms with Crippen molar-refractivity contribution in [2.75, 3.05) is 32.1 Å². The molecule has 0 bridgehead atoms. The van der Waals surface area contributed by atoms with Crippen LogP contribution in [0.15, 0.2) is 60.7 Å². The highest BCUT2D eigenvalue weighted by Crippen LogP contribution is 2.26. The first-order valence-corrected chi connectivity index (χ1v) is 11.0. The van der Waals surface area contributed by atoms with Gasteiger partial charge in [-0.25, -0.2) is 4.68 Å². The summed E-state index contributed by atoms with van der Waals surface area (Å²) in [5.41, 5.74) is 3.18. The lowest BCUT2D eigenvalue weighted by molar-refractivity contribution is -0.117. The van der Waals surface area contributed by atoms with Crippen molar-refractivity contribution in [1.29, 1.82) is 0 Å². The molecule has 33 heavy (non-hydrogen) atoms. The van der Waals surface area contributed by atoms with E-state index in [4.69, 9.17) is 9.84 Å². The molecule has 0 fully saturated rings. The van der Waals surface area contributed by atoms with Crippen LogP contribution in [0.3, 0.4) is 0 Å². The van der Waals surface area contributed by atoms with E-state index in [1.165, 1.54) is 4.90 Å². The summed E-state index contributed by atoms with van der Waals surface area (Å²) in [6.07, 6.45) is 0. The minimum absolute atomic E-state index is 0.0962. The number of aromatic nitrogens is 2. The molecule has 3 rings (SSSR count). The molecule has 0 spiro atoms. The largest absolute Gasteiger partial charge is 0.383 e. The molecule has 0 unspecified atom stereocenters. The Labute approximate surface area is 195 Å². The number of anilines is 1. The van der Waals surface area contributed by atoms with Gasteiger partial charge in [0.2, 0.25) is 5.91 Å². The van der Waals surface area contributed by atoms with Crippen molar-refractivity contribution in [1.82, 2.24) is 14.7 Å². The van der Waals surface area contributed by atoms with Gasteiger partial charge >= 0.3 is 0 Å². The van der Waals surface area contributed by atoms with Crippen molar-refractivity contribution in [3.05, 3.63) is 77.5 Å². The fourth-order valence-corrected chi connectivity index (χ4v) is 3.29. The highest BCUT2D eigenvalue weighted by atomic mass is 16.5. The molecule has 0 saturated carbocycles. The fraction of sp³-hybridized carbons (Fsp3) is 0.346. The second-order valence-electron chi connectivity index (χ2n) is 9.05. The Morgan fingerprint density at radius 3 is 2.33 bits per heavy atom. The number of nitrogens with one attached hydrogen (secondary N) is 1. The summed E-state index contributed by atoms with van der Waals surface area (Å²) in [5, 5.41) is 7.70. The van der Waals surface area contributed by atoms with Crippen LogP contribution in [0.5, 0.6) is 0 Å². The molecule has 2 amide bonds. The van der Waals surface area contributed by atoms with E-state index < -0.39 is 0 Å². The zero-order valence-corrected chi connectivity index (χ0v) is 20.0. The molecule has 1 heterocycles. The molecule has 7 nitrogen and oxygen atoms in total. The molecule has 0 saturated heterocycles. The average molecular weight is 449 g/mol. The second-order valence-corrected chi connectivity index (χ2v) is 9.05. The Morgan fingerprint density at radius 1 is 1.06 bits per heavy atom. The summed E-state index contributed by atoms with van der Waals surface area (Å²) >= 11 is 0. The zero-order chi connectivity index (χ0) is 24.0. The van der Waals surface area contributed by atoms with Gasteiger partial charge in [-0.1, -0.05) is 56.7 Å². The van der Waals surface area contributed by atoms with Gasteiger partial charge in [-0.05, 0) is 31.2 Å². The van der Waals surface area contributed by atoms with E-state index in [0.717, 1.165) is 16.9 Å². The quantitative estimate of drug-likeness (QED) is 0.560. The molecule has 1 aromatic heterocycles. The number of hydrogen-bond donors (Lipinski definition) is 1. The van der Waals surface area contributed by atoms with Gasteiger partial charge in [0.25, 0.3) is 5.91 Å². The van der Waals surface area contributed by atoms with E-state index in [0.29, 0.717) is 24.5 Å². The first kappa shape index (κ1) is 24.2. The topological polar surface area (TPSA) is 76.5 Å². The van der Waals surface area contributed by atoms with Crippen molar-refractivity contribution in [2.24, 2.45) is 0 Å². The van der Waals surface area contributed by atoms with Crippen LogP contribution in [0.25, 0.3) is 5.69 Å². The van der Waals surface area contributed by atoms with E-state index in [1.54, 1.807) is 36.1 Å². The van der Waals surface area contributed by atoms with E-state index >= 15 is 0 Å². The van der Waals surface area contributed by atoms with Gasteiger partial charge in [-0.2, -0.15) is 5.10 Å². The lowest BCUT2D eigenvalue weighted by Crippen LogP contribution is -2.40. The van der Waals surface area contributed by atoms with Gasteiger partial charge in [-0.15, -0.1) is 0 Å². The van der Waals surface area contributed by atoms with Crippen LogP contribution in [0.1, 0.15) is 42.4 Å². The number of carbonyl (C=O) groups excluding carboxylic acids is 2. The monoisotopic (exact) mass is 448 g/mol. The third-order valence-electron chi connectivity index (χ3n) is 5.23. The third kappa shape index (κ3) is 6.29. The zero-order valence-electron chi connectivity index (χ0n) is 20.0. The van der Waals surface area contributed by atoms with Crippen molar-refractivity contribution in [2.45, 2.75) is 33.1 Å². The Balaban J connectivity index is 1.84. The standard InChI is InChI=1S/C26H32N4O3/c1-19-11-13-21(14-12-19)30-23(17-22(28-30)26(2,3)4)27-24(31)18-29(15-16-33-5)25(32)20-9-7-6-8-10-20/h6-14,17H,15-16,18H2,1-5H3,(H,27,31). The average Bonchev–Trinajstić information content (AvgIpc) is 3.21. The van der Waals surface area contributed by atoms with E-state index in [1.807, 2.05) is 43.3 Å². The van der Waals surface area contributed by atoms with Gasteiger partial charge in [0.05, 0.1) is 18.0 Å². The molecule has 7 heteroatoms. The number of carbonyl (C=O) groups is 2. The normalized spacial score (nSPS) is 11.3. The van der Waals surface area contributed by atoms with Crippen LogP contribution in [-0.2, 0) is 14.9 Å². The number of rotatable bonds is 8. The fourth-order valence-electron chi connectivity index (χ4n) is 3.29. The summed E-state index contributed by atoms with van der Waals surface area (Å²) in [4.78, 5) is 27.5. The maximum absolute atomic E-state index is 13.0. The Kier molecular flexibility index (Phi) is 7.66. The number of amides is 2. The molecule has 0 aliphatic heterocycles. The maximum atomic E-state index is 13.0. The first-order valence-electron chi connectivity index (χ1n) is 11.0. The van der Waals surface area contributed by atoms with E-state index in [9.17, 15) is 9.59 Å². The molecule has 0 aliphatic rings. The first-order chi connectivity index (χ1) is 15.7. The van der Waals surface area contributed by atoms with Crippen molar-refractivity contribution >= 4 is 17.6 Å². The molecule has 0 atom stereocenters. The predicted molar refractivity (Wildman–Crippen MR) is 130 cm³/mol. The summed E-state index contributed by atoms with van der Waals surface area (Å²) in [6.45, 7) is 8.79.